The van der Waals surface area contributed by atoms with E-state index in [1.54, 1.807) is 12.1 Å². The summed E-state index contributed by atoms with van der Waals surface area (Å²) in [6.07, 6.45) is 2.37. The van der Waals surface area contributed by atoms with Gasteiger partial charge in [0.05, 0.1) is 26.8 Å². The molecular formula is C27H24F4N4O4S. The molecule has 8 nitrogen and oxygen atoms in total. The minimum atomic E-state index is -4.90. The van der Waals surface area contributed by atoms with Gasteiger partial charge in [-0.25, -0.2) is 40.3 Å². The molecule has 1 heterocycles. The SMILES string of the molecule is COc1ccc(CN(c2ccncn2)S(=O)(=O)c2c(F)cc(NC(C)c3cc(F)ccc3F)cc2F)c(OC)c1. The van der Waals surface area contributed by atoms with Gasteiger partial charge in [-0.2, -0.15) is 0 Å². The number of benzene rings is 3. The Balaban J connectivity index is 1.73. The first-order valence-electron chi connectivity index (χ1n) is 11.7. The van der Waals surface area contributed by atoms with Gasteiger partial charge in [0.2, 0.25) is 0 Å². The van der Waals surface area contributed by atoms with Crippen LogP contribution >= 0.6 is 0 Å². The third-order valence-electron chi connectivity index (χ3n) is 5.98. The zero-order valence-electron chi connectivity index (χ0n) is 21.5. The first-order valence-corrected chi connectivity index (χ1v) is 13.2. The van der Waals surface area contributed by atoms with E-state index < -0.39 is 50.8 Å². The van der Waals surface area contributed by atoms with Crippen molar-refractivity contribution >= 4 is 21.5 Å². The molecule has 0 saturated carbocycles. The fraction of sp³-hybridized carbons (Fsp3) is 0.185. The van der Waals surface area contributed by atoms with Crippen molar-refractivity contribution in [2.24, 2.45) is 0 Å². The van der Waals surface area contributed by atoms with E-state index in [9.17, 15) is 17.2 Å². The Labute approximate surface area is 228 Å². The highest BCUT2D eigenvalue weighted by atomic mass is 32.2. The predicted octanol–water partition coefficient (Wildman–Crippen LogP) is 5.62. The Morgan fingerprint density at radius 2 is 1.65 bits per heavy atom. The first kappa shape index (κ1) is 28.6. The lowest BCUT2D eigenvalue weighted by Crippen LogP contribution is -2.33. The molecule has 4 aromatic rings. The molecule has 1 unspecified atom stereocenters. The molecule has 0 aliphatic heterocycles. The van der Waals surface area contributed by atoms with Crippen molar-refractivity contribution in [2.75, 3.05) is 23.8 Å². The molecule has 40 heavy (non-hydrogen) atoms. The van der Waals surface area contributed by atoms with Crippen LogP contribution in [0.4, 0.5) is 29.1 Å². The lowest BCUT2D eigenvalue weighted by Gasteiger charge is -2.25. The van der Waals surface area contributed by atoms with Crippen LogP contribution in [0.3, 0.4) is 0 Å². The molecule has 13 heteroatoms. The number of hydrogen-bond acceptors (Lipinski definition) is 7. The molecule has 1 aromatic heterocycles. The fourth-order valence-electron chi connectivity index (χ4n) is 4.03. The van der Waals surface area contributed by atoms with Gasteiger partial charge in [-0.15, -0.1) is 0 Å². The number of halogens is 4. The van der Waals surface area contributed by atoms with Crippen LogP contribution in [-0.4, -0.2) is 32.6 Å². The second kappa shape index (κ2) is 11.8. The first-order chi connectivity index (χ1) is 19.0. The molecule has 210 valence electrons. The summed E-state index contributed by atoms with van der Waals surface area (Å²) in [4.78, 5) is 6.52. The Kier molecular flexibility index (Phi) is 8.43. The highest BCUT2D eigenvalue weighted by molar-refractivity contribution is 7.92. The number of nitrogens with one attached hydrogen (secondary N) is 1. The zero-order chi connectivity index (χ0) is 29.0. The minimum absolute atomic E-state index is 0.0825. The number of rotatable bonds is 10. The molecule has 0 fully saturated rings. The van der Waals surface area contributed by atoms with E-state index in [1.807, 2.05) is 0 Å². The largest absolute Gasteiger partial charge is 0.497 e. The van der Waals surface area contributed by atoms with Gasteiger partial charge in [0.1, 0.15) is 46.9 Å². The maximum Gasteiger partial charge on any atom is 0.271 e. The molecule has 1 atom stereocenters. The molecule has 0 radical (unpaired) electrons. The molecule has 3 aromatic carbocycles. The topological polar surface area (TPSA) is 93.7 Å². The number of anilines is 2. The van der Waals surface area contributed by atoms with Crippen LogP contribution in [0.15, 0.2) is 72.0 Å². The molecular weight excluding hydrogens is 552 g/mol. The molecule has 0 saturated heterocycles. The van der Waals surface area contributed by atoms with E-state index in [2.05, 4.69) is 15.3 Å². The summed E-state index contributed by atoms with van der Waals surface area (Å²) in [6.45, 7) is 1.05. The molecule has 1 N–H and O–H groups in total. The average Bonchev–Trinajstić information content (AvgIpc) is 2.92. The van der Waals surface area contributed by atoms with Crippen LogP contribution in [0.1, 0.15) is 24.1 Å². The smallest absolute Gasteiger partial charge is 0.271 e. The standard InChI is InChI=1S/C27H24F4N4O4S/c1-16(21-10-18(28)5-7-22(21)29)34-19-11-23(30)27(24(31)12-19)40(36,37)35(26-8-9-32-15-33-26)14-17-4-6-20(38-2)13-25(17)39-3/h4-13,15-16,34H,14H2,1-3H3. The van der Waals surface area contributed by atoms with Crippen molar-refractivity contribution in [3.05, 3.63) is 102 Å². The number of hydrogen-bond donors (Lipinski definition) is 1. The Hall–Kier alpha value is -4.39. The van der Waals surface area contributed by atoms with Gasteiger partial charge in [0, 0.05) is 35.1 Å². The summed E-state index contributed by atoms with van der Waals surface area (Å²) in [7, 11) is -2.07. The average molecular weight is 577 g/mol. The summed E-state index contributed by atoms with van der Waals surface area (Å²) >= 11 is 0. The maximum absolute atomic E-state index is 15.4. The van der Waals surface area contributed by atoms with Crippen LogP contribution in [-0.2, 0) is 16.6 Å². The van der Waals surface area contributed by atoms with E-state index in [4.69, 9.17) is 9.47 Å². The second-order valence-corrected chi connectivity index (χ2v) is 10.4. The van der Waals surface area contributed by atoms with Gasteiger partial charge in [0.25, 0.3) is 10.0 Å². The van der Waals surface area contributed by atoms with Crippen molar-refractivity contribution in [3.8, 4) is 11.5 Å². The third kappa shape index (κ3) is 5.93. The van der Waals surface area contributed by atoms with Gasteiger partial charge in [-0.3, -0.25) is 0 Å². The third-order valence-corrected chi connectivity index (χ3v) is 7.79. The summed E-state index contributed by atoms with van der Waals surface area (Å²) in [5.74, 6) is -3.66. The van der Waals surface area contributed by atoms with Crippen molar-refractivity contribution in [1.82, 2.24) is 9.97 Å². The number of sulfonamides is 1. The zero-order valence-corrected chi connectivity index (χ0v) is 22.3. The molecule has 0 bridgehead atoms. The van der Waals surface area contributed by atoms with E-state index in [0.29, 0.717) is 11.3 Å². The van der Waals surface area contributed by atoms with E-state index in [0.717, 1.165) is 41.0 Å². The summed E-state index contributed by atoms with van der Waals surface area (Å²) in [5, 5.41) is 2.67. The van der Waals surface area contributed by atoms with Crippen molar-refractivity contribution in [1.29, 1.82) is 0 Å². The quantitative estimate of drug-likeness (QED) is 0.245. The van der Waals surface area contributed by atoms with Crippen LogP contribution in [0.25, 0.3) is 0 Å². The van der Waals surface area contributed by atoms with Gasteiger partial charge < -0.3 is 14.8 Å². The number of aromatic nitrogens is 2. The predicted molar refractivity (Wildman–Crippen MR) is 140 cm³/mol. The number of ether oxygens (including phenoxy) is 2. The summed E-state index contributed by atoms with van der Waals surface area (Å²) < 4.78 is 97.2. The van der Waals surface area contributed by atoms with Crippen molar-refractivity contribution in [3.63, 3.8) is 0 Å². The Bertz CT molecular complexity index is 1600. The summed E-state index contributed by atoms with van der Waals surface area (Å²) in [6, 6.07) is 9.36. The summed E-state index contributed by atoms with van der Waals surface area (Å²) in [5.41, 5.74) is 0.0898. The van der Waals surface area contributed by atoms with Crippen LogP contribution in [0.2, 0.25) is 0 Å². The monoisotopic (exact) mass is 576 g/mol. The Morgan fingerprint density at radius 1 is 0.925 bits per heavy atom. The van der Waals surface area contributed by atoms with E-state index >= 15 is 8.78 Å². The fourth-order valence-corrected chi connectivity index (χ4v) is 5.53. The molecule has 0 aliphatic carbocycles. The van der Waals surface area contributed by atoms with Gasteiger partial charge >= 0.3 is 0 Å². The lowest BCUT2D eigenvalue weighted by molar-refractivity contribution is 0.391. The molecule has 4 rings (SSSR count). The highest BCUT2D eigenvalue weighted by Gasteiger charge is 2.33. The molecule has 0 spiro atoms. The van der Waals surface area contributed by atoms with Crippen molar-refractivity contribution < 1.29 is 35.5 Å². The molecule has 0 amide bonds. The maximum atomic E-state index is 15.4. The Morgan fingerprint density at radius 3 is 2.27 bits per heavy atom. The molecule has 0 aliphatic rings. The lowest BCUT2D eigenvalue weighted by atomic mass is 10.1. The van der Waals surface area contributed by atoms with E-state index in [-0.39, 0.29) is 22.8 Å². The van der Waals surface area contributed by atoms with Gasteiger partial charge in [-0.1, -0.05) is 0 Å². The van der Waals surface area contributed by atoms with Crippen LogP contribution in [0, 0.1) is 23.3 Å². The van der Waals surface area contributed by atoms with Crippen LogP contribution in [0.5, 0.6) is 11.5 Å². The van der Waals surface area contributed by atoms with Crippen LogP contribution < -0.4 is 19.1 Å². The minimum Gasteiger partial charge on any atom is -0.497 e. The van der Waals surface area contributed by atoms with E-state index in [1.165, 1.54) is 39.5 Å². The number of nitrogens with zero attached hydrogens (tertiary/aromatic N) is 3. The normalized spacial score (nSPS) is 12.1. The van der Waals surface area contributed by atoms with Crippen molar-refractivity contribution in [2.45, 2.75) is 24.4 Å². The number of methoxy groups -OCH3 is 2. The van der Waals surface area contributed by atoms with Gasteiger partial charge in [-0.05, 0) is 49.4 Å². The van der Waals surface area contributed by atoms with Gasteiger partial charge in [0.15, 0.2) is 4.90 Å². The second-order valence-electron chi connectivity index (χ2n) is 8.56. The highest BCUT2D eigenvalue weighted by Crippen LogP contribution is 2.33.